The number of nitrogens with zero attached hydrogens (tertiary/aromatic N) is 1. The molecule has 0 aromatic heterocycles. The van der Waals surface area contributed by atoms with Crippen LogP contribution in [0.5, 0.6) is 0 Å². The van der Waals surface area contributed by atoms with Crippen LogP contribution in [0, 0.1) is 11.8 Å². The molecule has 1 aromatic rings. The normalized spacial score (nSPS) is 27.5. The minimum absolute atomic E-state index is 0.733. The number of likely N-dealkylation sites (N-methyl/N-ethyl adjacent to an activating group) is 1. The van der Waals surface area contributed by atoms with Gasteiger partial charge in [-0.25, -0.2) is 0 Å². The van der Waals surface area contributed by atoms with Crippen molar-refractivity contribution in [3.05, 3.63) is 35.9 Å². The van der Waals surface area contributed by atoms with E-state index in [1.165, 1.54) is 18.7 Å². The van der Waals surface area contributed by atoms with Crippen molar-refractivity contribution in [2.75, 3.05) is 20.1 Å². The van der Waals surface area contributed by atoms with Crippen molar-refractivity contribution in [2.24, 2.45) is 11.8 Å². The van der Waals surface area contributed by atoms with Crippen molar-refractivity contribution < 1.29 is 0 Å². The van der Waals surface area contributed by atoms with E-state index in [1.54, 1.807) is 0 Å². The van der Waals surface area contributed by atoms with E-state index in [9.17, 15) is 0 Å². The largest absolute Gasteiger partial charge is 0.305 e. The Morgan fingerprint density at radius 2 is 1.80 bits per heavy atom. The molecule has 0 amide bonds. The van der Waals surface area contributed by atoms with E-state index in [4.69, 9.17) is 0 Å². The van der Waals surface area contributed by atoms with Gasteiger partial charge in [0.2, 0.25) is 0 Å². The highest BCUT2D eigenvalue weighted by molar-refractivity contribution is 5.22. The Bertz CT molecular complexity index is 304. The molecule has 0 N–H and O–H groups in total. The second-order valence-electron chi connectivity index (χ2n) is 5.15. The summed E-state index contributed by atoms with van der Waals surface area (Å²) in [7, 11) is 2.23. The van der Waals surface area contributed by atoms with Gasteiger partial charge in [-0.1, -0.05) is 44.2 Å². The van der Waals surface area contributed by atoms with Gasteiger partial charge in [-0.05, 0) is 24.4 Å². The maximum absolute atomic E-state index is 2.46. The van der Waals surface area contributed by atoms with Crippen LogP contribution >= 0.6 is 0 Å². The molecule has 0 aliphatic carbocycles. The molecule has 2 unspecified atom stereocenters. The summed E-state index contributed by atoms with van der Waals surface area (Å²) in [5.74, 6) is 2.33. The average Bonchev–Trinajstić information content (AvgIpc) is 2.62. The first-order chi connectivity index (χ1) is 7.18. The monoisotopic (exact) mass is 203 g/mol. The zero-order valence-corrected chi connectivity index (χ0v) is 9.98. The summed E-state index contributed by atoms with van der Waals surface area (Å²) in [4.78, 5) is 2.46. The molecule has 1 fully saturated rings. The fourth-order valence-corrected chi connectivity index (χ4v) is 2.76. The van der Waals surface area contributed by atoms with E-state index in [0.717, 1.165) is 17.8 Å². The van der Waals surface area contributed by atoms with Crippen LogP contribution in [0.2, 0.25) is 0 Å². The molecule has 15 heavy (non-hydrogen) atoms. The number of hydrogen-bond donors (Lipinski definition) is 0. The lowest BCUT2D eigenvalue weighted by Crippen LogP contribution is -2.17. The van der Waals surface area contributed by atoms with Gasteiger partial charge in [0, 0.05) is 19.0 Å². The predicted octanol–water partition coefficient (Wildman–Crippen LogP) is 2.99. The Morgan fingerprint density at radius 3 is 2.40 bits per heavy atom. The lowest BCUT2D eigenvalue weighted by molar-refractivity contribution is 0.344. The van der Waals surface area contributed by atoms with Crippen LogP contribution in [-0.2, 0) is 0 Å². The number of likely N-dealkylation sites (tertiary alicyclic amines) is 1. The molecule has 1 heteroatoms. The molecule has 1 nitrogen and oxygen atoms in total. The standard InChI is InChI=1S/C14H21N/c1-11(2)13-9-15(3)10-14(13)12-7-5-4-6-8-12/h4-8,11,13-14H,9-10H2,1-3H3. The van der Waals surface area contributed by atoms with Gasteiger partial charge in [-0.3, -0.25) is 0 Å². The van der Waals surface area contributed by atoms with Gasteiger partial charge in [0.05, 0.1) is 0 Å². The van der Waals surface area contributed by atoms with Crippen LogP contribution in [0.1, 0.15) is 25.3 Å². The van der Waals surface area contributed by atoms with E-state index >= 15 is 0 Å². The third kappa shape index (κ3) is 2.23. The average molecular weight is 203 g/mol. The first-order valence-corrected chi connectivity index (χ1v) is 5.92. The van der Waals surface area contributed by atoms with Crippen LogP contribution < -0.4 is 0 Å². The van der Waals surface area contributed by atoms with Crippen LogP contribution in [0.3, 0.4) is 0 Å². The van der Waals surface area contributed by atoms with Gasteiger partial charge in [0.1, 0.15) is 0 Å². The number of benzene rings is 1. The summed E-state index contributed by atoms with van der Waals surface area (Å²) in [6.07, 6.45) is 0. The third-order valence-electron chi connectivity index (χ3n) is 3.63. The lowest BCUT2D eigenvalue weighted by Gasteiger charge is -2.22. The molecule has 1 heterocycles. The predicted molar refractivity (Wildman–Crippen MR) is 65.0 cm³/mol. The summed E-state index contributed by atoms with van der Waals surface area (Å²) >= 11 is 0. The molecular formula is C14H21N. The highest BCUT2D eigenvalue weighted by atomic mass is 15.1. The summed E-state index contributed by atoms with van der Waals surface area (Å²) in [5, 5.41) is 0. The van der Waals surface area contributed by atoms with Gasteiger partial charge in [-0.15, -0.1) is 0 Å². The molecule has 0 saturated carbocycles. The quantitative estimate of drug-likeness (QED) is 0.714. The summed E-state index contributed by atoms with van der Waals surface area (Å²) < 4.78 is 0. The Morgan fingerprint density at radius 1 is 1.13 bits per heavy atom. The van der Waals surface area contributed by atoms with Crippen LogP contribution in [0.4, 0.5) is 0 Å². The lowest BCUT2D eigenvalue weighted by atomic mass is 9.82. The Hall–Kier alpha value is -0.820. The van der Waals surface area contributed by atoms with Gasteiger partial charge < -0.3 is 4.90 Å². The van der Waals surface area contributed by atoms with Crippen molar-refractivity contribution in [3.8, 4) is 0 Å². The summed E-state index contributed by atoms with van der Waals surface area (Å²) in [6.45, 7) is 7.16. The van der Waals surface area contributed by atoms with E-state index in [0.29, 0.717) is 0 Å². The second kappa shape index (κ2) is 4.36. The maximum atomic E-state index is 2.46. The molecule has 0 radical (unpaired) electrons. The van der Waals surface area contributed by atoms with Crippen molar-refractivity contribution in [3.63, 3.8) is 0 Å². The first-order valence-electron chi connectivity index (χ1n) is 5.92. The van der Waals surface area contributed by atoms with E-state index in [-0.39, 0.29) is 0 Å². The van der Waals surface area contributed by atoms with E-state index in [2.05, 4.69) is 56.1 Å². The van der Waals surface area contributed by atoms with E-state index in [1.807, 2.05) is 0 Å². The van der Waals surface area contributed by atoms with Gasteiger partial charge in [-0.2, -0.15) is 0 Å². The Kier molecular flexibility index (Phi) is 3.11. The van der Waals surface area contributed by atoms with Gasteiger partial charge in [0.25, 0.3) is 0 Å². The summed E-state index contributed by atoms with van der Waals surface area (Å²) in [5.41, 5.74) is 1.51. The minimum Gasteiger partial charge on any atom is -0.305 e. The van der Waals surface area contributed by atoms with Crippen molar-refractivity contribution in [1.82, 2.24) is 4.90 Å². The maximum Gasteiger partial charge on any atom is 0.00506 e. The Balaban J connectivity index is 2.21. The zero-order chi connectivity index (χ0) is 10.8. The third-order valence-corrected chi connectivity index (χ3v) is 3.63. The van der Waals surface area contributed by atoms with Crippen LogP contribution in [0.15, 0.2) is 30.3 Å². The van der Waals surface area contributed by atoms with Crippen molar-refractivity contribution in [1.29, 1.82) is 0 Å². The molecule has 1 saturated heterocycles. The summed E-state index contributed by atoms with van der Waals surface area (Å²) in [6, 6.07) is 11.0. The fraction of sp³-hybridized carbons (Fsp3) is 0.571. The smallest absolute Gasteiger partial charge is 0.00506 e. The highest BCUT2D eigenvalue weighted by Gasteiger charge is 2.33. The van der Waals surface area contributed by atoms with Gasteiger partial charge in [0.15, 0.2) is 0 Å². The van der Waals surface area contributed by atoms with Gasteiger partial charge >= 0.3 is 0 Å². The molecule has 1 aromatic carbocycles. The SMILES string of the molecule is CC(C)C1CN(C)CC1c1ccccc1. The zero-order valence-electron chi connectivity index (χ0n) is 9.98. The molecule has 0 bridgehead atoms. The molecule has 1 aliphatic heterocycles. The molecule has 2 atom stereocenters. The van der Waals surface area contributed by atoms with E-state index < -0.39 is 0 Å². The second-order valence-corrected chi connectivity index (χ2v) is 5.15. The molecule has 1 aliphatic rings. The fourth-order valence-electron chi connectivity index (χ4n) is 2.76. The first kappa shape index (κ1) is 10.7. The highest BCUT2D eigenvalue weighted by Crippen LogP contribution is 2.36. The topological polar surface area (TPSA) is 3.24 Å². The number of hydrogen-bond acceptors (Lipinski definition) is 1. The molecular weight excluding hydrogens is 182 g/mol. The minimum atomic E-state index is 0.733. The van der Waals surface area contributed by atoms with Crippen LogP contribution in [0.25, 0.3) is 0 Å². The van der Waals surface area contributed by atoms with Crippen molar-refractivity contribution in [2.45, 2.75) is 19.8 Å². The van der Waals surface area contributed by atoms with Crippen LogP contribution in [-0.4, -0.2) is 25.0 Å². The molecule has 2 rings (SSSR count). The molecule has 0 spiro atoms. The number of rotatable bonds is 2. The molecule has 82 valence electrons. The Labute approximate surface area is 93.1 Å². The van der Waals surface area contributed by atoms with Crippen molar-refractivity contribution >= 4 is 0 Å².